The van der Waals surface area contributed by atoms with Gasteiger partial charge >= 0.3 is 0 Å². The van der Waals surface area contributed by atoms with Crippen LogP contribution in [0.25, 0.3) is 11.1 Å². The van der Waals surface area contributed by atoms with Gasteiger partial charge in [0.2, 0.25) is 10.0 Å². The molecular weight excluding hydrogens is 332 g/mol. The predicted molar refractivity (Wildman–Crippen MR) is 98.9 cm³/mol. The fourth-order valence-electron chi connectivity index (χ4n) is 3.92. The van der Waals surface area contributed by atoms with Gasteiger partial charge in [0.25, 0.3) is 0 Å². The van der Waals surface area contributed by atoms with Crippen LogP contribution >= 0.6 is 0 Å². The number of hydrogen-bond donors (Lipinski definition) is 1. The lowest BCUT2D eigenvalue weighted by Crippen LogP contribution is -2.11. The lowest BCUT2D eigenvalue weighted by Gasteiger charge is -2.16. The lowest BCUT2D eigenvalue weighted by atomic mass is 9.88. The first-order valence-electron chi connectivity index (χ1n) is 8.47. The van der Waals surface area contributed by atoms with Gasteiger partial charge in [0, 0.05) is 23.4 Å². The molecule has 0 aliphatic heterocycles. The largest absolute Gasteiger partial charge is 0.264 e. The molecule has 128 valence electrons. The van der Waals surface area contributed by atoms with Gasteiger partial charge in [-0.25, -0.2) is 13.6 Å². The van der Waals surface area contributed by atoms with Crippen molar-refractivity contribution in [1.29, 1.82) is 0 Å². The van der Waals surface area contributed by atoms with Crippen LogP contribution in [0.1, 0.15) is 36.8 Å². The molecule has 0 bridgehead atoms. The normalized spacial score (nSPS) is 19.1. The minimum absolute atomic E-state index is 0.124. The SMILES string of the molecule is NS(=O)(=O)c1ccc(C2=CC3(C=C2c2cccnc2)CCCC3)cc1. The van der Waals surface area contributed by atoms with Gasteiger partial charge in [0.1, 0.15) is 0 Å². The predicted octanol–water partition coefficient (Wildman–Crippen LogP) is 3.77. The number of benzene rings is 1. The first-order chi connectivity index (χ1) is 12.0. The summed E-state index contributed by atoms with van der Waals surface area (Å²) in [4.78, 5) is 4.39. The Bertz CT molecular complexity index is 953. The van der Waals surface area contributed by atoms with Crippen LogP contribution in [0, 0.1) is 5.41 Å². The van der Waals surface area contributed by atoms with E-state index in [0.717, 1.165) is 29.5 Å². The number of primary sulfonamides is 1. The van der Waals surface area contributed by atoms with Crippen LogP contribution in [0.5, 0.6) is 0 Å². The van der Waals surface area contributed by atoms with E-state index in [0.29, 0.717) is 0 Å². The average molecular weight is 352 g/mol. The number of hydrogen-bond acceptors (Lipinski definition) is 3. The van der Waals surface area contributed by atoms with E-state index in [-0.39, 0.29) is 10.3 Å². The highest BCUT2D eigenvalue weighted by Gasteiger charge is 2.36. The van der Waals surface area contributed by atoms with Gasteiger partial charge in [-0.05, 0) is 47.8 Å². The lowest BCUT2D eigenvalue weighted by molar-refractivity contribution is 0.523. The second-order valence-electron chi connectivity index (χ2n) is 6.87. The topological polar surface area (TPSA) is 73.1 Å². The molecule has 4 nitrogen and oxygen atoms in total. The summed E-state index contributed by atoms with van der Waals surface area (Å²) in [6.45, 7) is 0. The number of allylic oxidation sites excluding steroid dienone is 4. The van der Waals surface area contributed by atoms with Crippen molar-refractivity contribution in [2.75, 3.05) is 0 Å². The maximum Gasteiger partial charge on any atom is 0.238 e. The summed E-state index contributed by atoms with van der Waals surface area (Å²) in [5, 5.41) is 5.21. The molecule has 1 fully saturated rings. The highest BCUT2D eigenvalue weighted by molar-refractivity contribution is 7.89. The fourth-order valence-corrected chi connectivity index (χ4v) is 4.43. The molecule has 1 aromatic heterocycles. The molecule has 5 heteroatoms. The summed E-state index contributed by atoms with van der Waals surface area (Å²) in [6.07, 6.45) is 13.2. The zero-order chi connectivity index (χ0) is 17.5. The quantitative estimate of drug-likeness (QED) is 0.914. The Morgan fingerprint density at radius 2 is 1.56 bits per heavy atom. The van der Waals surface area contributed by atoms with Crippen LogP contribution in [0.2, 0.25) is 0 Å². The van der Waals surface area contributed by atoms with E-state index in [2.05, 4.69) is 23.2 Å². The van der Waals surface area contributed by atoms with Gasteiger partial charge in [-0.3, -0.25) is 4.98 Å². The van der Waals surface area contributed by atoms with Crippen molar-refractivity contribution in [3.63, 3.8) is 0 Å². The van der Waals surface area contributed by atoms with Gasteiger partial charge in [0.15, 0.2) is 0 Å². The number of nitrogens with zero attached hydrogens (tertiary/aromatic N) is 1. The van der Waals surface area contributed by atoms with E-state index in [1.165, 1.54) is 18.4 Å². The van der Waals surface area contributed by atoms with Crippen LogP contribution in [0.4, 0.5) is 0 Å². The standard InChI is InChI=1S/C20H20N2O2S/c21-25(23,24)17-7-5-15(6-8-17)18-12-20(9-1-2-10-20)13-19(18)16-4-3-11-22-14-16/h3-8,11-14H,1-2,9-10H2,(H2,21,23,24). The van der Waals surface area contributed by atoms with E-state index in [1.807, 2.05) is 24.4 Å². The molecule has 4 rings (SSSR count). The Hall–Kier alpha value is -2.24. The Morgan fingerprint density at radius 3 is 2.12 bits per heavy atom. The fraction of sp³-hybridized carbons (Fsp3) is 0.250. The minimum atomic E-state index is -3.68. The maximum atomic E-state index is 11.5. The summed E-state index contributed by atoms with van der Waals surface area (Å²) in [5.74, 6) is 0. The first-order valence-corrected chi connectivity index (χ1v) is 10.0. The molecule has 0 saturated heterocycles. The Kier molecular flexibility index (Phi) is 3.85. The molecule has 0 amide bonds. The first kappa shape index (κ1) is 16.2. The zero-order valence-electron chi connectivity index (χ0n) is 13.9. The van der Waals surface area contributed by atoms with Crippen molar-refractivity contribution in [2.45, 2.75) is 30.6 Å². The second-order valence-corrected chi connectivity index (χ2v) is 8.43. The van der Waals surface area contributed by atoms with Crippen LogP contribution < -0.4 is 5.14 Å². The number of sulfonamides is 1. The van der Waals surface area contributed by atoms with Crippen molar-refractivity contribution < 1.29 is 8.42 Å². The number of rotatable bonds is 3. The Labute approximate surface area is 148 Å². The molecule has 1 spiro atoms. The third-order valence-corrected chi connectivity index (χ3v) is 6.08. The zero-order valence-corrected chi connectivity index (χ0v) is 14.7. The van der Waals surface area contributed by atoms with Gasteiger partial charge in [-0.1, -0.05) is 43.2 Å². The Balaban J connectivity index is 1.80. The maximum absolute atomic E-state index is 11.5. The number of nitrogens with two attached hydrogens (primary N) is 1. The average Bonchev–Trinajstić information content (AvgIpc) is 3.23. The van der Waals surface area contributed by atoms with Crippen LogP contribution in [0.15, 0.2) is 65.8 Å². The van der Waals surface area contributed by atoms with E-state index in [4.69, 9.17) is 5.14 Å². The second kappa shape index (κ2) is 5.93. The summed E-state index contributed by atoms with van der Waals surface area (Å²) in [6, 6.07) is 10.8. The van der Waals surface area contributed by atoms with Crippen molar-refractivity contribution in [3.8, 4) is 0 Å². The monoisotopic (exact) mass is 352 g/mol. The Morgan fingerprint density at radius 1 is 0.920 bits per heavy atom. The number of aromatic nitrogens is 1. The number of pyridine rings is 1. The van der Waals surface area contributed by atoms with Gasteiger partial charge in [-0.2, -0.15) is 0 Å². The molecule has 1 aromatic carbocycles. The van der Waals surface area contributed by atoms with E-state index < -0.39 is 10.0 Å². The van der Waals surface area contributed by atoms with Crippen molar-refractivity contribution in [1.82, 2.24) is 4.98 Å². The molecule has 1 saturated carbocycles. The summed E-state index contributed by atoms with van der Waals surface area (Å²) >= 11 is 0. The van der Waals surface area contributed by atoms with E-state index >= 15 is 0 Å². The van der Waals surface area contributed by atoms with Gasteiger partial charge < -0.3 is 0 Å². The third kappa shape index (κ3) is 3.05. The third-order valence-electron chi connectivity index (χ3n) is 5.15. The summed E-state index contributed by atoms with van der Waals surface area (Å²) in [7, 11) is -3.68. The molecule has 2 aromatic rings. The van der Waals surface area contributed by atoms with Crippen molar-refractivity contribution in [3.05, 3.63) is 72.1 Å². The molecule has 2 N–H and O–H groups in total. The van der Waals surface area contributed by atoms with Gasteiger partial charge in [-0.15, -0.1) is 0 Å². The molecule has 2 aliphatic rings. The van der Waals surface area contributed by atoms with Crippen molar-refractivity contribution >= 4 is 21.2 Å². The highest BCUT2D eigenvalue weighted by atomic mass is 32.2. The molecule has 25 heavy (non-hydrogen) atoms. The minimum Gasteiger partial charge on any atom is -0.264 e. The molecule has 0 unspecified atom stereocenters. The molecule has 2 aliphatic carbocycles. The smallest absolute Gasteiger partial charge is 0.238 e. The summed E-state index contributed by atoms with van der Waals surface area (Å²) in [5.41, 5.74) is 4.55. The van der Waals surface area contributed by atoms with Crippen molar-refractivity contribution in [2.24, 2.45) is 10.6 Å². The van der Waals surface area contributed by atoms with E-state index in [9.17, 15) is 8.42 Å². The molecule has 0 atom stereocenters. The highest BCUT2D eigenvalue weighted by Crippen LogP contribution is 2.51. The van der Waals surface area contributed by atoms with Crippen LogP contribution in [-0.4, -0.2) is 13.4 Å². The van der Waals surface area contributed by atoms with E-state index in [1.54, 1.807) is 18.3 Å². The molecule has 0 radical (unpaired) electrons. The van der Waals surface area contributed by atoms with Crippen LogP contribution in [0.3, 0.4) is 0 Å². The molecular formula is C20H20N2O2S. The van der Waals surface area contributed by atoms with Gasteiger partial charge in [0.05, 0.1) is 4.90 Å². The summed E-state index contributed by atoms with van der Waals surface area (Å²) < 4.78 is 23.0. The molecule has 1 heterocycles. The van der Waals surface area contributed by atoms with Crippen LogP contribution in [-0.2, 0) is 10.0 Å².